The lowest BCUT2D eigenvalue weighted by molar-refractivity contribution is -0.131. The molecule has 1 aliphatic heterocycles. The molecular formula is C18H26N2O. The molecule has 0 spiro atoms. The molecule has 0 aromatic heterocycles. The molecule has 114 valence electrons. The highest BCUT2D eigenvalue weighted by Gasteiger charge is 2.45. The molecule has 2 N–H and O–H groups in total. The number of hydrogen-bond acceptors (Lipinski definition) is 2. The van der Waals surface area contributed by atoms with E-state index in [-0.39, 0.29) is 16.9 Å². The van der Waals surface area contributed by atoms with Crippen LogP contribution in [0.25, 0.3) is 0 Å². The van der Waals surface area contributed by atoms with Crippen molar-refractivity contribution in [2.75, 3.05) is 13.1 Å². The van der Waals surface area contributed by atoms with Crippen molar-refractivity contribution >= 4 is 5.91 Å². The summed E-state index contributed by atoms with van der Waals surface area (Å²) in [5, 5.41) is 6.81. The lowest BCUT2D eigenvalue weighted by Crippen LogP contribution is -2.60. The number of carbonyl (C=O) groups is 1. The second-order valence-corrected chi connectivity index (χ2v) is 6.64. The third-order valence-electron chi connectivity index (χ3n) is 5.58. The van der Waals surface area contributed by atoms with Gasteiger partial charge in [-0.3, -0.25) is 4.79 Å². The molecule has 3 nitrogen and oxygen atoms in total. The fourth-order valence-electron chi connectivity index (χ4n) is 3.79. The molecule has 0 bridgehead atoms. The second-order valence-electron chi connectivity index (χ2n) is 6.64. The van der Waals surface area contributed by atoms with Gasteiger partial charge in [-0.2, -0.15) is 0 Å². The maximum Gasteiger partial charge on any atom is 0.231 e. The van der Waals surface area contributed by atoms with E-state index in [0.29, 0.717) is 0 Å². The Morgan fingerprint density at radius 3 is 2.33 bits per heavy atom. The van der Waals surface area contributed by atoms with Crippen molar-refractivity contribution in [1.82, 2.24) is 10.6 Å². The molecule has 0 atom stereocenters. The summed E-state index contributed by atoms with van der Waals surface area (Å²) in [7, 11) is 0. The van der Waals surface area contributed by atoms with Crippen LogP contribution in [0.3, 0.4) is 0 Å². The Balaban J connectivity index is 1.87. The highest BCUT2D eigenvalue weighted by atomic mass is 16.2. The summed E-state index contributed by atoms with van der Waals surface area (Å²) in [6.45, 7) is 4.03. The largest absolute Gasteiger partial charge is 0.350 e. The van der Waals surface area contributed by atoms with Crippen molar-refractivity contribution in [3.63, 3.8) is 0 Å². The number of carbonyl (C=O) groups excluding carboxylic acids is 1. The smallest absolute Gasteiger partial charge is 0.231 e. The average molecular weight is 286 g/mol. The van der Waals surface area contributed by atoms with Crippen LogP contribution in [0.1, 0.15) is 51.0 Å². The van der Waals surface area contributed by atoms with E-state index < -0.39 is 0 Å². The zero-order valence-electron chi connectivity index (χ0n) is 13.0. The molecule has 3 heteroatoms. The number of benzene rings is 1. The molecule has 21 heavy (non-hydrogen) atoms. The van der Waals surface area contributed by atoms with E-state index >= 15 is 0 Å². The van der Waals surface area contributed by atoms with Crippen molar-refractivity contribution in [1.29, 1.82) is 0 Å². The van der Waals surface area contributed by atoms with Crippen molar-refractivity contribution in [3.8, 4) is 0 Å². The minimum Gasteiger partial charge on any atom is -0.350 e. The van der Waals surface area contributed by atoms with Crippen LogP contribution in [-0.4, -0.2) is 24.5 Å². The van der Waals surface area contributed by atoms with E-state index in [2.05, 4.69) is 29.7 Å². The van der Waals surface area contributed by atoms with Gasteiger partial charge in [0.25, 0.3) is 0 Å². The van der Waals surface area contributed by atoms with Gasteiger partial charge in [0.05, 0.1) is 5.41 Å². The number of amides is 1. The molecule has 1 amide bonds. The summed E-state index contributed by atoms with van der Waals surface area (Å²) in [5.74, 6) is 0.247. The number of hydrogen-bond donors (Lipinski definition) is 2. The van der Waals surface area contributed by atoms with E-state index in [0.717, 1.165) is 45.2 Å². The van der Waals surface area contributed by atoms with Gasteiger partial charge in [-0.25, -0.2) is 0 Å². The summed E-state index contributed by atoms with van der Waals surface area (Å²) in [6, 6.07) is 10.3. The normalized spacial score (nSPS) is 23.1. The Bertz CT molecular complexity index is 482. The summed E-state index contributed by atoms with van der Waals surface area (Å²) in [5.41, 5.74) is 0.906. The Labute approximate surface area is 127 Å². The van der Waals surface area contributed by atoms with Gasteiger partial charge >= 0.3 is 0 Å². The van der Waals surface area contributed by atoms with Crippen LogP contribution in [0.4, 0.5) is 0 Å². The highest BCUT2D eigenvalue weighted by molar-refractivity contribution is 5.89. The summed E-state index contributed by atoms with van der Waals surface area (Å²) >= 11 is 0. The quantitative estimate of drug-likeness (QED) is 0.893. The van der Waals surface area contributed by atoms with Gasteiger partial charge in [-0.05, 0) is 57.2 Å². The first-order valence-corrected chi connectivity index (χ1v) is 8.30. The van der Waals surface area contributed by atoms with Crippen LogP contribution in [0.15, 0.2) is 30.3 Å². The Kier molecular flexibility index (Phi) is 4.03. The predicted octanol–water partition coefficient (Wildman–Crippen LogP) is 2.76. The number of rotatable bonds is 4. The highest BCUT2D eigenvalue weighted by Crippen LogP contribution is 2.39. The Morgan fingerprint density at radius 2 is 1.81 bits per heavy atom. The van der Waals surface area contributed by atoms with E-state index in [9.17, 15) is 4.79 Å². The fourth-order valence-corrected chi connectivity index (χ4v) is 3.79. The topological polar surface area (TPSA) is 41.1 Å². The van der Waals surface area contributed by atoms with Crippen LogP contribution in [0, 0.1) is 0 Å². The molecule has 2 aliphatic rings. The van der Waals surface area contributed by atoms with E-state index in [1.807, 2.05) is 18.2 Å². The molecule has 0 unspecified atom stereocenters. The summed E-state index contributed by atoms with van der Waals surface area (Å²) < 4.78 is 0. The van der Waals surface area contributed by atoms with Crippen LogP contribution < -0.4 is 10.6 Å². The molecule has 3 rings (SSSR count). The van der Waals surface area contributed by atoms with Gasteiger partial charge < -0.3 is 10.6 Å². The van der Waals surface area contributed by atoms with Gasteiger partial charge in [0.1, 0.15) is 0 Å². The van der Waals surface area contributed by atoms with E-state index in [1.165, 1.54) is 12.0 Å². The molecule has 1 aromatic carbocycles. The SMILES string of the molecule is CCC1(NC(=O)C2(c3ccccc3)CCNCC2)CCC1. The predicted molar refractivity (Wildman–Crippen MR) is 85.2 cm³/mol. The van der Waals surface area contributed by atoms with Crippen LogP contribution >= 0.6 is 0 Å². The average Bonchev–Trinajstić information content (AvgIpc) is 2.52. The van der Waals surface area contributed by atoms with Crippen LogP contribution in [-0.2, 0) is 10.2 Å². The van der Waals surface area contributed by atoms with Gasteiger partial charge in [0.2, 0.25) is 5.91 Å². The molecule has 2 fully saturated rings. The number of nitrogens with one attached hydrogen (secondary N) is 2. The molecule has 1 aromatic rings. The van der Waals surface area contributed by atoms with Crippen molar-refractivity contribution in [2.45, 2.75) is 56.4 Å². The molecule has 0 radical (unpaired) electrons. The fraction of sp³-hybridized carbons (Fsp3) is 0.611. The minimum absolute atomic E-state index is 0.0732. The van der Waals surface area contributed by atoms with Crippen LogP contribution in [0.2, 0.25) is 0 Å². The lowest BCUT2D eigenvalue weighted by Gasteiger charge is -2.46. The summed E-state index contributed by atoms with van der Waals surface area (Å²) in [4.78, 5) is 13.1. The zero-order chi connectivity index (χ0) is 14.8. The first kappa shape index (κ1) is 14.6. The maximum absolute atomic E-state index is 13.1. The van der Waals surface area contributed by atoms with Gasteiger partial charge in [-0.15, -0.1) is 0 Å². The minimum atomic E-state index is -0.343. The molecular weight excluding hydrogens is 260 g/mol. The molecule has 1 heterocycles. The van der Waals surface area contributed by atoms with E-state index in [4.69, 9.17) is 0 Å². The zero-order valence-corrected chi connectivity index (χ0v) is 13.0. The van der Waals surface area contributed by atoms with Gasteiger partial charge in [0, 0.05) is 5.54 Å². The van der Waals surface area contributed by atoms with Crippen molar-refractivity contribution in [2.24, 2.45) is 0 Å². The number of piperidine rings is 1. The second kappa shape index (κ2) is 5.80. The first-order chi connectivity index (χ1) is 10.2. The maximum atomic E-state index is 13.1. The summed E-state index contributed by atoms with van der Waals surface area (Å²) in [6.07, 6.45) is 6.35. The van der Waals surface area contributed by atoms with E-state index in [1.54, 1.807) is 0 Å². The molecule has 1 aliphatic carbocycles. The third kappa shape index (κ3) is 2.59. The monoisotopic (exact) mass is 286 g/mol. The Morgan fingerprint density at radius 1 is 1.14 bits per heavy atom. The van der Waals surface area contributed by atoms with Gasteiger partial charge in [-0.1, -0.05) is 37.3 Å². The van der Waals surface area contributed by atoms with Crippen LogP contribution in [0.5, 0.6) is 0 Å². The van der Waals surface area contributed by atoms with Gasteiger partial charge in [0.15, 0.2) is 0 Å². The lowest BCUT2D eigenvalue weighted by atomic mass is 9.69. The molecule has 1 saturated heterocycles. The first-order valence-electron chi connectivity index (χ1n) is 8.30. The molecule has 1 saturated carbocycles. The third-order valence-corrected chi connectivity index (χ3v) is 5.58. The van der Waals surface area contributed by atoms with Crippen molar-refractivity contribution < 1.29 is 4.79 Å². The van der Waals surface area contributed by atoms with Crippen molar-refractivity contribution in [3.05, 3.63) is 35.9 Å². The standard InChI is InChI=1S/C18H26N2O/c1-2-17(9-6-10-17)20-16(21)18(11-13-19-14-12-18)15-7-4-3-5-8-15/h3-5,7-8,19H,2,6,9-14H2,1H3,(H,20,21). The Hall–Kier alpha value is -1.35.